The number of rotatable bonds is 4. The summed E-state index contributed by atoms with van der Waals surface area (Å²) < 4.78 is 1.83. The number of nitrogens with two attached hydrogens (primary N) is 1. The molecule has 0 saturated heterocycles. The number of aromatic nitrogens is 3. The van der Waals surface area contributed by atoms with Crippen LogP contribution < -0.4 is 11.1 Å². The van der Waals surface area contributed by atoms with Crippen molar-refractivity contribution in [3.05, 3.63) is 60.3 Å². The number of nitrogens with zero attached hydrogens (tertiary/aromatic N) is 3. The van der Waals surface area contributed by atoms with Gasteiger partial charge >= 0.3 is 0 Å². The summed E-state index contributed by atoms with van der Waals surface area (Å²) in [5.74, 6) is -0.0900. The smallest absolute Gasteiger partial charge is 0.221 e. The van der Waals surface area contributed by atoms with E-state index in [0.717, 1.165) is 28.2 Å². The van der Waals surface area contributed by atoms with Crippen molar-refractivity contribution in [2.75, 3.05) is 11.1 Å². The van der Waals surface area contributed by atoms with Crippen LogP contribution in [0.15, 0.2) is 54.7 Å². The number of nitrogen functional groups attached to an aromatic ring is 1. The molecule has 6 nitrogen and oxygen atoms in total. The molecule has 3 rings (SSSR count). The van der Waals surface area contributed by atoms with E-state index in [9.17, 15) is 4.79 Å². The Morgan fingerprint density at radius 1 is 1.13 bits per heavy atom. The number of carbonyl (C=O) groups is 1. The zero-order valence-electron chi connectivity index (χ0n) is 12.7. The van der Waals surface area contributed by atoms with E-state index in [1.165, 1.54) is 6.92 Å². The molecule has 1 heterocycles. The maximum atomic E-state index is 11.1. The standard InChI is InChI=1S/C17H17N5O/c1-12(23)20-16-8-4-14(5-9-16)17-10-19-21-22(17)11-13-2-6-15(18)7-3-13/h2-10H,11,18H2,1H3,(H,20,23). The van der Waals surface area contributed by atoms with Crippen LogP contribution in [0.5, 0.6) is 0 Å². The summed E-state index contributed by atoms with van der Waals surface area (Å²) in [4.78, 5) is 11.1. The molecule has 6 heteroatoms. The molecule has 0 fully saturated rings. The molecule has 0 saturated carbocycles. The van der Waals surface area contributed by atoms with Crippen LogP contribution in [0.3, 0.4) is 0 Å². The van der Waals surface area contributed by atoms with Gasteiger partial charge in [-0.2, -0.15) is 0 Å². The molecule has 0 aliphatic heterocycles. The lowest BCUT2D eigenvalue weighted by Gasteiger charge is -2.08. The summed E-state index contributed by atoms with van der Waals surface area (Å²) >= 11 is 0. The van der Waals surface area contributed by atoms with Crippen LogP contribution in [0.2, 0.25) is 0 Å². The lowest BCUT2D eigenvalue weighted by Crippen LogP contribution is -2.06. The first kappa shape index (κ1) is 14.8. The molecule has 0 atom stereocenters. The fraction of sp³-hybridized carbons (Fsp3) is 0.118. The van der Waals surface area contributed by atoms with E-state index in [-0.39, 0.29) is 5.91 Å². The second kappa shape index (κ2) is 6.31. The molecule has 0 aliphatic carbocycles. The van der Waals surface area contributed by atoms with Gasteiger partial charge in [-0.05, 0) is 29.8 Å². The summed E-state index contributed by atoms with van der Waals surface area (Å²) in [7, 11) is 0. The highest BCUT2D eigenvalue weighted by atomic mass is 16.1. The third kappa shape index (κ3) is 3.55. The molecule has 0 bridgehead atoms. The molecular formula is C17H17N5O. The topological polar surface area (TPSA) is 85.8 Å². The van der Waals surface area contributed by atoms with Crippen molar-refractivity contribution in [2.45, 2.75) is 13.5 Å². The first-order valence-electron chi connectivity index (χ1n) is 7.23. The van der Waals surface area contributed by atoms with Crippen LogP contribution in [-0.4, -0.2) is 20.9 Å². The van der Waals surface area contributed by atoms with Crippen LogP contribution in [0.1, 0.15) is 12.5 Å². The average Bonchev–Trinajstić information content (AvgIpc) is 2.98. The van der Waals surface area contributed by atoms with Crippen LogP contribution in [-0.2, 0) is 11.3 Å². The molecule has 0 unspecified atom stereocenters. The second-order valence-electron chi connectivity index (χ2n) is 5.28. The minimum Gasteiger partial charge on any atom is -0.399 e. The van der Waals surface area contributed by atoms with Crippen molar-refractivity contribution in [3.63, 3.8) is 0 Å². The first-order chi connectivity index (χ1) is 11.1. The van der Waals surface area contributed by atoms with Crippen LogP contribution in [0, 0.1) is 0 Å². The van der Waals surface area contributed by atoms with Gasteiger partial charge < -0.3 is 11.1 Å². The molecule has 0 aliphatic rings. The van der Waals surface area contributed by atoms with Gasteiger partial charge in [-0.15, -0.1) is 5.10 Å². The zero-order valence-corrected chi connectivity index (χ0v) is 12.7. The highest BCUT2D eigenvalue weighted by Gasteiger charge is 2.08. The normalized spacial score (nSPS) is 10.5. The van der Waals surface area contributed by atoms with Crippen molar-refractivity contribution >= 4 is 17.3 Å². The minimum absolute atomic E-state index is 0.0900. The van der Waals surface area contributed by atoms with Crippen molar-refractivity contribution < 1.29 is 4.79 Å². The van der Waals surface area contributed by atoms with Crippen molar-refractivity contribution in [2.24, 2.45) is 0 Å². The Bertz CT molecular complexity index is 806. The number of amides is 1. The largest absolute Gasteiger partial charge is 0.399 e. The van der Waals surface area contributed by atoms with E-state index in [2.05, 4.69) is 15.6 Å². The number of benzene rings is 2. The van der Waals surface area contributed by atoms with E-state index in [1.54, 1.807) is 6.20 Å². The monoisotopic (exact) mass is 307 g/mol. The number of hydrogen-bond acceptors (Lipinski definition) is 4. The number of anilines is 2. The van der Waals surface area contributed by atoms with Gasteiger partial charge in [0.05, 0.1) is 18.4 Å². The molecule has 1 aromatic heterocycles. The summed E-state index contributed by atoms with van der Waals surface area (Å²) in [5.41, 5.74) is 10.2. The molecular weight excluding hydrogens is 290 g/mol. The predicted molar refractivity (Wildman–Crippen MR) is 89.7 cm³/mol. The van der Waals surface area contributed by atoms with Crippen molar-refractivity contribution in [3.8, 4) is 11.3 Å². The quantitative estimate of drug-likeness (QED) is 0.725. The Kier molecular flexibility index (Phi) is 4.05. The molecule has 1 amide bonds. The van der Waals surface area contributed by atoms with E-state index in [1.807, 2.05) is 53.2 Å². The SMILES string of the molecule is CC(=O)Nc1ccc(-c2cnnn2Cc2ccc(N)cc2)cc1. The molecule has 116 valence electrons. The Labute approximate surface area is 133 Å². The maximum Gasteiger partial charge on any atom is 0.221 e. The molecule has 3 aromatic rings. The third-order valence-corrected chi connectivity index (χ3v) is 3.43. The van der Waals surface area contributed by atoms with Gasteiger partial charge in [0.25, 0.3) is 0 Å². The van der Waals surface area contributed by atoms with Gasteiger partial charge in [0.15, 0.2) is 0 Å². The summed E-state index contributed by atoms with van der Waals surface area (Å²) in [6, 6.07) is 15.3. The lowest BCUT2D eigenvalue weighted by atomic mass is 10.1. The maximum absolute atomic E-state index is 11.1. The second-order valence-corrected chi connectivity index (χ2v) is 5.28. The summed E-state index contributed by atoms with van der Waals surface area (Å²) in [6.07, 6.45) is 1.73. The Morgan fingerprint density at radius 2 is 1.83 bits per heavy atom. The van der Waals surface area contributed by atoms with Gasteiger partial charge in [0.2, 0.25) is 5.91 Å². The van der Waals surface area contributed by atoms with E-state index in [4.69, 9.17) is 5.73 Å². The lowest BCUT2D eigenvalue weighted by molar-refractivity contribution is -0.114. The molecule has 0 spiro atoms. The predicted octanol–water partition coefficient (Wildman–Crippen LogP) is 2.53. The molecule has 0 radical (unpaired) electrons. The van der Waals surface area contributed by atoms with Gasteiger partial charge in [-0.3, -0.25) is 4.79 Å². The van der Waals surface area contributed by atoms with Gasteiger partial charge in [-0.1, -0.05) is 29.5 Å². The fourth-order valence-electron chi connectivity index (χ4n) is 2.32. The van der Waals surface area contributed by atoms with Crippen molar-refractivity contribution in [1.29, 1.82) is 0 Å². The molecule has 2 aromatic carbocycles. The number of nitrogens with one attached hydrogen (secondary N) is 1. The van der Waals surface area contributed by atoms with Gasteiger partial charge in [0.1, 0.15) is 0 Å². The summed E-state index contributed by atoms with van der Waals surface area (Å²) in [5, 5.41) is 10.9. The first-order valence-corrected chi connectivity index (χ1v) is 7.23. The van der Waals surface area contributed by atoms with E-state index >= 15 is 0 Å². The number of carbonyl (C=O) groups excluding carboxylic acids is 1. The van der Waals surface area contributed by atoms with Crippen molar-refractivity contribution in [1.82, 2.24) is 15.0 Å². The Morgan fingerprint density at radius 3 is 2.48 bits per heavy atom. The number of hydrogen-bond donors (Lipinski definition) is 2. The van der Waals surface area contributed by atoms with Crippen LogP contribution >= 0.6 is 0 Å². The van der Waals surface area contributed by atoms with Crippen LogP contribution in [0.25, 0.3) is 11.3 Å². The van der Waals surface area contributed by atoms with Gasteiger partial charge in [-0.25, -0.2) is 4.68 Å². The van der Waals surface area contributed by atoms with Crippen LogP contribution in [0.4, 0.5) is 11.4 Å². The highest BCUT2D eigenvalue weighted by molar-refractivity contribution is 5.88. The fourth-order valence-corrected chi connectivity index (χ4v) is 2.32. The third-order valence-electron chi connectivity index (χ3n) is 3.43. The average molecular weight is 307 g/mol. The zero-order chi connectivity index (χ0) is 16.2. The highest BCUT2D eigenvalue weighted by Crippen LogP contribution is 2.21. The molecule has 23 heavy (non-hydrogen) atoms. The molecule has 3 N–H and O–H groups in total. The van der Waals surface area contributed by atoms with E-state index in [0.29, 0.717) is 6.54 Å². The Hall–Kier alpha value is -3.15. The summed E-state index contributed by atoms with van der Waals surface area (Å²) in [6.45, 7) is 2.10. The minimum atomic E-state index is -0.0900. The van der Waals surface area contributed by atoms with E-state index < -0.39 is 0 Å². The van der Waals surface area contributed by atoms with Gasteiger partial charge in [0, 0.05) is 23.9 Å². The Balaban J connectivity index is 1.82.